The third-order valence-electron chi connectivity index (χ3n) is 19.8. The molecule has 0 unspecified atom stereocenters. The highest BCUT2D eigenvalue weighted by atomic mass is 16.5. The van der Waals surface area contributed by atoms with Crippen LogP contribution in [0.15, 0.2) is 327 Å². The van der Waals surface area contributed by atoms with Crippen molar-refractivity contribution in [1.29, 1.82) is 0 Å². The fourth-order valence-electron chi connectivity index (χ4n) is 13.0. The van der Waals surface area contributed by atoms with Crippen molar-refractivity contribution < 1.29 is 61.6 Å². The summed E-state index contributed by atoms with van der Waals surface area (Å²) in [7, 11) is 8.42. The van der Waals surface area contributed by atoms with Crippen molar-refractivity contribution in [2.45, 2.75) is 64.2 Å². The Balaban J connectivity index is 0.000000147. The SMILES string of the molecule is COc1ccc(CCc2ccccc2OCC2=CNC=CN2)cc1.COc1ccc(CCc2ccccc2OCC2=CNC=CO2)cc1.COc1ccc(CCc2ccccc2OCC2=CNCCN2)cc1.COc1ccc(CCc2ccccc2OCC2=CNCCO2)cc1.COc1ccc(CCc2ccccc2OCC2=COCCN2)cc1. The first-order chi connectivity index (χ1) is 59.2. The van der Waals surface area contributed by atoms with E-state index in [1.807, 2.05) is 164 Å². The zero-order valence-corrected chi connectivity index (χ0v) is 69.4. The summed E-state index contributed by atoms with van der Waals surface area (Å²) in [6.07, 6.45) is 25.8. The molecule has 5 heterocycles. The minimum atomic E-state index is 0.400. The average molecular weight is 1620 g/mol. The van der Waals surface area contributed by atoms with Gasteiger partial charge in [0.2, 0.25) is 0 Å². The van der Waals surface area contributed by atoms with Gasteiger partial charge in [-0.25, -0.2) is 0 Å². The van der Waals surface area contributed by atoms with E-state index in [1.165, 1.54) is 55.6 Å². The van der Waals surface area contributed by atoms with Crippen molar-refractivity contribution in [3.05, 3.63) is 383 Å². The number of para-hydroxylation sites is 5. The molecule has 20 nitrogen and oxygen atoms in total. The fourth-order valence-corrected chi connectivity index (χ4v) is 13.0. The molecule has 0 atom stereocenters. The smallest absolute Gasteiger partial charge is 0.157 e. The summed E-state index contributed by atoms with van der Waals surface area (Å²) in [5.41, 5.74) is 15.6. The molecule has 15 rings (SSSR count). The van der Waals surface area contributed by atoms with Crippen LogP contribution in [0.3, 0.4) is 0 Å². The molecule has 5 aliphatic rings. The lowest BCUT2D eigenvalue weighted by Crippen LogP contribution is -2.33. The maximum atomic E-state index is 6.01. The number of benzene rings is 10. The van der Waals surface area contributed by atoms with Crippen LogP contribution in [0, 0.1) is 0 Å². The Hall–Kier alpha value is -13.6. The van der Waals surface area contributed by atoms with Gasteiger partial charge in [-0.1, -0.05) is 152 Å². The van der Waals surface area contributed by atoms with Gasteiger partial charge in [-0.05, 0) is 211 Å². The maximum Gasteiger partial charge on any atom is 0.157 e. The molecule has 7 N–H and O–H groups in total. The van der Waals surface area contributed by atoms with Gasteiger partial charge in [-0.3, -0.25) is 0 Å². The monoisotopic (exact) mass is 1620 g/mol. The summed E-state index contributed by atoms with van der Waals surface area (Å²) >= 11 is 0. The predicted octanol–water partition coefficient (Wildman–Crippen LogP) is 16.7. The maximum absolute atomic E-state index is 6.01. The van der Waals surface area contributed by atoms with Crippen molar-refractivity contribution in [3.8, 4) is 57.5 Å². The number of nitrogens with one attached hydrogen (secondary N) is 7. The van der Waals surface area contributed by atoms with Gasteiger partial charge in [0.05, 0.1) is 52.6 Å². The lowest BCUT2D eigenvalue weighted by molar-refractivity contribution is 0.157. The Morgan fingerprint density at radius 2 is 0.633 bits per heavy atom. The largest absolute Gasteiger partial charge is 0.497 e. The van der Waals surface area contributed by atoms with Crippen LogP contribution in [0.25, 0.3) is 0 Å². The highest BCUT2D eigenvalue weighted by Crippen LogP contribution is 2.28. The average Bonchev–Trinajstić information content (AvgIpc) is 0.881. The summed E-state index contributed by atoms with van der Waals surface area (Å²) in [6, 6.07) is 82.0. The van der Waals surface area contributed by atoms with E-state index < -0.39 is 0 Å². The van der Waals surface area contributed by atoms with Crippen LogP contribution in [0.4, 0.5) is 0 Å². The van der Waals surface area contributed by atoms with Gasteiger partial charge in [0, 0.05) is 69.6 Å². The van der Waals surface area contributed by atoms with E-state index in [0.29, 0.717) is 46.2 Å². The molecule has 10 aromatic rings. The van der Waals surface area contributed by atoms with Gasteiger partial charge in [0.1, 0.15) is 122 Å². The van der Waals surface area contributed by atoms with Crippen LogP contribution in [0.1, 0.15) is 55.6 Å². The molecular formula is C100H113N7O13. The summed E-state index contributed by atoms with van der Waals surface area (Å²) in [5.74, 6) is 10.7. The molecule has 10 aromatic carbocycles. The Bertz CT molecular complexity index is 4250. The summed E-state index contributed by atoms with van der Waals surface area (Å²) in [4.78, 5) is 0. The topological polar surface area (TPSA) is 204 Å². The van der Waals surface area contributed by atoms with Crippen molar-refractivity contribution in [2.24, 2.45) is 0 Å². The van der Waals surface area contributed by atoms with Gasteiger partial charge < -0.3 is 98.8 Å². The number of aryl methyl sites for hydroxylation is 10. The first kappa shape index (κ1) is 87.2. The third-order valence-corrected chi connectivity index (χ3v) is 19.8. The molecule has 0 bridgehead atoms. The number of methoxy groups -OCH3 is 5. The van der Waals surface area contributed by atoms with Gasteiger partial charge in [-0.15, -0.1) is 0 Å². The van der Waals surface area contributed by atoms with E-state index in [9.17, 15) is 0 Å². The quantitative estimate of drug-likeness (QED) is 0.0197. The molecule has 120 heavy (non-hydrogen) atoms. The molecule has 0 aromatic heterocycles. The zero-order valence-electron chi connectivity index (χ0n) is 69.4. The van der Waals surface area contributed by atoms with Crippen molar-refractivity contribution in [3.63, 3.8) is 0 Å². The van der Waals surface area contributed by atoms with E-state index in [-0.39, 0.29) is 0 Å². The van der Waals surface area contributed by atoms with Crippen LogP contribution in [-0.2, 0) is 78.4 Å². The van der Waals surface area contributed by atoms with Crippen LogP contribution in [0.5, 0.6) is 57.5 Å². The second-order valence-corrected chi connectivity index (χ2v) is 28.1. The minimum absolute atomic E-state index is 0.400. The standard InChI is InChI=1S/C20H24N2O2.C20H22N2O2.2C20H23NO3.C20H21NO3/c2*1-23-19-10-7-16(8-11-19)6-9-17-4-2-3-5-20(17)24-15-18-14-21-12-13-22-18;1-22-19-10-7-16(8-11-19)6-9-17-4-2-3-5-20(17)24-15-18-14-23-13-12-21-18;2*1-22-18-10-7-16(8-11-18)6-9-17-4-2-3-5-20(17)24-15-19-14-21-12-13-23-19/h2-5,7-8,10-11,14,21-22H,6,9,12-13,15H2,1H3;2-5,7-8,10-14,21-22H,6,9,15H2,1H3;2*2-5,7-8,10-11,14,21H,6,9,12-13,15H2,1H3;2-5,7-8,10-14,21H,6,9,15H2,1H3. The molecule has 0 amide bonds. The van der Waals surface area contributed by atoms with E-state index in [1.54, 1.807) is 60.5 Å². The van der Waals surface area contributed by atoms with Crippen LogP contribution >= 0.6 is 0 Å². The number of hydrogen-bond donors (Lipinski definition) is 7. The highest BCUT2D eigenvalue weighted by molar-refractivity contribution is 5.41. The predicted molar refractivity (Wildman–Crippen MR) is 475 cm³/mol. The molecule has 0 fully saturated rings. The molecule has 0 radical (unpaired) electrons. The minimum Gasteiger partial charge on any atom is -0.497 e. The Kier molecular flexibility index (Phi) is 36.4. The number of ether oxygens (including phenoxy) is 13. The second-order valence-electron chi connectivity index (χ2n) is 28.1. The lowest BCUT2D eigenvalue weighted by atomic mass is 10.0. The fraction of sp³-hybridized carbons (Fsp3) is 0.260. The first-order valence-electron chi connectivity index (χ1n) is 40.8. The van der Waals surface area contributed by atoms with E-state index in [2.05, 4.69) is 146 Å². The van der Waals surface area contributed by atoms with Crippen LogP contribution in [0.2, 0.25) is 0 Å². The Morgan fingerprint density at radius 1 is 0.283 bits per heavy atom. The van der Waals surface area contributed by atoms with Gasteiger partial charge in [0.25, 0.3) is 0 Å². The van der Waals surface area contributed by atoms with Crippen molar-refractivity contribution in [2.75, 3.05) is 108 Å². The van der Waals surface area contributed by atoms with Gasteiger partial charge >= 0.3 is 0 Å². The molecule has 626 valence electrons. The molecular weight excluding hydrogens is 1510 g/mol. The molecule has 0 saturated heterocycles. The normalized spacial score (nSPS) is 13.2. The van der Waals surface area contributed by atoms with Crippen molar-refractivity contribution in [1.82, 2.24) is 37.2 Å². The third kappa shape index (κ3) is 30.5. The molecule has 20 heteroatoms. The van der Waals surface area contributed by atoms with Gasteiger partial charge in [0.15, 0.2) is 5.76 Å². The number of hydrogen-bond acceptors (Lipinski definition) is 20. The van der Waals surface area contributed by atoms with Crippen LogP contribution < -0.4 is 84.6 Å². The Morgan fingerprint density at radius 3 is 0.958 bits per heavy atom. The molecule has 0 spiro atoms. The molecule has 0 aliphatic carbocycles. The second kappa shape index (κ2) is 50.1. The summed E-state index contributed by atoms with van der Waals surface area (Å²) < 4.78 is 72.1. The lowest BCUT2D eigenvalue weighted by Gasteiger charge is -2.18. The summed E-state index contributed by atoms with van der Waals surface area (Å²) in [5, 5.41) is 22.2. The summed E-state index contributed by atoms with van der Waals surface area (Å²) in [6.45, 7) is 7.40. The van der Waals surface area contributed by atoms with Crippen molar-refractivity contribution >= 4 is 0 Å². The van der Waals surface area contributed by atoms with Crippen LogP contribution in [-0.4, -0.2) is 108 Å². The molecule has 5 aliphatic heterocycles. The van der Waals surface area contributed by atoms with E-state index in [4.69, 9.17) is 61.6 Å². The van der Waals surface area contributed by atoms with Gasteiger partial charge in [-0.2, -0.15) is 0 Å². The van der Waals surface area contributed by atoms with E-state index in [0.717, 1.165) is 176 Å². The highest BCUT2D eigenvalue weighted by Gasteiger charge is 2.15. The first-order valence-corrected chi connectivity index (χ1v) is 40.8. The Labute approximate surface area is 707 Å². The zero-order chi connectivity index (χ0) is 83.1. The molecule has 0 saturated carbocycles. The number of rotatable bonds is 35. The van der Waals surface area contributed by atoms with E-state index >= 15 is 0 Å².